The van der Waals surface area contributed by atoms with E-state index in [4.69, 9.17) is 14.5 Å². The lowest BCUT2D eigenvalue weighted by molar-refractivity contribution is 0.302. The van der Waals surface area contributed by atoms with Crippen LogP contribution in [0.15, 0.2) is 78.9 Å². The third-order valence-corrected chi connectivity index (χ3v) is 4.77. The molecule has 0 unspecified atom stereocenters. The molecule has 0 bridgehead atoms. The fourth-order valence-corrected chi connectivity index (χ4v) is 3.35. The normalized spacial score (nSPS) is 11.2. The number of aryl methyl sites for hydroxylation is 1. The first-order valence-electron chi connectivity index (χ1n) is 9.79. The zero-order chi connectivity index (χ0) is 19.9. The molecule has 0 saturated carbocycles. The first-order chi connectivity index (χ1) is 14.3. The van der Waals surface area contributed by atoms with Gasteiger partial charge in [-0.05, 0) is 48.9 Å². The highest BCUT2D eigenvalue weighted by atomic mass is 16.5. The molecule has 0 saturated heterocycles. The van der Waals surface area contributed by atoms with Crippen LogP contribution in [0.4, 0.5) is 0 Å². The molecular formula is C25H24N2O2. The number of fused-ring (bicyclic) bond motifs is 1. The average Bonchev–Trinajstić information content (AvgIpc) is 3.13. The molecule has 0 N–H and O–H groups in total. The van der Waals surface area contributed by atoms with Gasteiger partial charge in [-0.1, -0.05) is 48.5 Å². The molecule has 0 fully saturated rings. The van der Waals surface area contributed by atoms with Crippen molar-refractivity contribution in [1.29, 1.82) is 0 Å². The van der Waals surface area contributed by atoms with E-state index >= 15 is 0 Å². The van der Waals surface area contributed by atoms with Crippen molar-refractivity contribution in [2.45, 2.75) is 13.0 Å². The molecule has 4 nitrogen and oxygen atoms in total. The second-order valence-electron chi connectivity index (χ2n) is 6.70. The molecule has 0 aliphatic carbocycles. The molecule has 0 atom stereocenters. The van der Waals surface area contributed by atoms with Crippen molar-refractivity contribution in [1.82, 2.24) is 9.55 Å². The summed E-state index contributed by atoms with van der Waals surface area (Å²) in [6.07, 6.45) is 5.00. The molecular weight excluding hydrogens is 360 g/mol. The van der Waals surface area contributed by atoms with Crippen molar-refractivity contribution in [3.8, 4) is 11.5 Å². The molecule has 0 aliphatic heterocycles. The molecule has 4 heteroatoms. The summed E-state index contributed by atoms with van der Waals surface area (Å²) in [6, 6.07) is 26.1. The van der Waals surface area contributed by atoms with Gasteiger partial charge in [-0.2, -0.15) is 0 Å². The minimum absolute atomic E-state index is 0.659. The number of ether oxygens (including phenoxy) is 2. The summed E-state index contributed by atoms with van der Waals surface area (Å²) in [6.45, 7) is 1.49. The Kier molecular flexibility index (Phi) is 5.91. The molecule has 0 aliphatic rings. The van der Waals surface area contributed by atoms with Crippen LogP contribution in [0.25, 0.3) is 23.2 Å². The molecule has 29 heavy (non-hydrogen) atoms. The van der Waals surface area contributed by atoms with E-state index in [1.54, 1.807) is 7.11 Å². The van der Waals surface area contributed by atoms with E-state index in [2.05, 4.69) is 28.9 Å². The van der Waals surface area contributed by atoms with Gasteiger partial charge in [-0.25, -0.2) is 4.98 Å². The van der Waals surface area contributed by atoms with Crippen molar-refractivity contribution in [2.75, 3.05) is 13.7 Å². The van der Waals surface area contributed by atoms with Crippen molar-refractivity contribution >= 4 is 23.2 Å². The predicted molar refractivity (Wildman–Crippen MR) is 118 cm³/mol. The molecule has 0 radical (unpaired) electrons. The quantitative estimate of drug-likeness (QED) is 0.367. The van der Waals surface area contributed by atoms with Crippen LogP contribution < -0.4 is 9.47 Å². The maximum atomic E-state index is 5.85. The lowest BCUT2D eigenvalue weighted by Crippen LogP contribution is -2.06. The van der Waals surface area contributed by atoms with Gasteiger partial charge in [-0.3, -0.25) is 0 Å². The number of hydrogen-bond donors (Lipinski definition) is 0. The largest absolute Gasteiger partial charge is 0.496 e. The molecule has 4 aromatic rings. The number of para-hydroxylation sites is 4. The van der Waals surface area contributed by atoms with Gasteiger partial charge in [0.25, 0.3) is 0 Å². The molecule has 0 amide bonds. The van der Waals surface area contributed by atoms with E-state index in [9.17, 15) is 0 Å². The van der Waals surface area contributed by atoms with E-state index in [1.807, 2.05) is 66.7 Å². The summed E-state index contributed by atoms with van der Waals surface area (Å²) in [5.74, 6) is 2.68. The zero-order valence-corrected chi connectivity index (χ0v) is 16.5. The highest BCUT2D eigenvalue weighted by molar-refractivity contribution is 5.80. The Morgan fingerprint density at radius 2 is 1.62 bits per heavy atom. The lowest BCUT2D eigenvalue weighted by atomic mass is 10.2. The third-order valence-electron chi connectivity index (χ3n) is 4.77. The monoisotopic (exact) mass is 384 g/mol. The predicted octanol–water partition coefficient (Wildman–Crippen LogP) is 5.68. The van der Waals surface area contributed by atoms with Gasteiger partial charge in [0.2, 0.25) is 0 Å². The average molecular weight is 384 g/mol. The molecule has 0 spiro atoms. The number of rotatable bonds is 8. The van der Waals surface area contributed by atoms with Crippen LogP contribution in [0.5, 0.6) is 11.5 Å². The van der Waals surface area contributed by atoms with Crippen molar-refractivity contribution in [3.63, 3.8) is 0 Å². The van der Waals surface area contributed by atoms with Gasteiger partial charge in [0, 0.05) is 12.1 Å². The standard InChI is InChI=1S/C25H24N2O2/c1-28-24-15-8-5-10-20(24)16-17-25-26-22-13-6-7-14-23(22)27(25)18-9-19-29-21-11-3-2-4-12-21/h2-8,10-17H,9,18-19H2,1H3/b17-16+. The van der Waals surface area contributed by atoms with Gasteiger partial charge in [0.05, 0.1) is 24.8 Å². The second-order valence-corrected chi connectivity index (χ2v) is 6.70. The first kappa shape index (κ1) is 18.8. The Labute approximate surface area is 171 Å². The third kappa shape index (κ3) is 4.49. The SMILES string of the molecule is COc1ccccc1/C=C/c1nc2ccccc2n1CCCOc1ccccc1. The zero-order valence-electron chi connectivity index (χ0n) is 16.5. The van der Waals surface area contributed by atoms with Crippen molar-refractivity contribution in [3.05, 3.63) is 90.3 Å². The summed E-state index contributed by atoms with van der Waals surface area (Å²) >= 11 is 0. The highest BCUT2D eigenvalue weighted by Crippen LogP contribution is 2.22. The summed E-state index contributed by atoms with van der Waals surface area (Å²) in [4.78, 5) is 4.81. The van der Waals surface area contributed by atoms with E-state index in [0.29, 0.717) is 6.61 Å². The van der Waals surface area contributed by atoms with Crippen LogP contribution in [-0.4, -0.2) is 23.3 Å². The molecule has 1 aromatic heterocycles. The van der Waals surface area contributed by atoms with Crippen molar-refractivity contribution in [2.24, 2.45) is 0 Å². The van der Waals surface area contributed by atoms with E-state index in [-0.39, 0.29) is 0 Å². The smallest absolute Gasteiger partial charge is 0.133 e. The molecule has 1 heterocycles. The summed E-state index contributed by atoms with van der Waals surface area (Å²) in [5, 5.41) is 0. The Bertz CT molecular complexity index is 1100. The number of methoxy groups -OCH3 is 1. The van der Waals surface area contributed by atoms with Gasteiger partial charge < -0.3 is 14.0 Å². The van der Waals surface area contributed by atoms with Crippen LogP contribution in [0, 0.1) is 0 Å². The first-order valence-corrected chi connectivity index (χ1v) is 9.79. The molecule has 4 rings (SSSR count). The maximum Gasteiger partial charge on any atom is 0.133 e. The van der Waals surface area contributed by atoms with E-state index < -0.39 is 0 Å². The number of aromatic nitrogens is 2. The van der Waals surface area contributed by atoms with Gasteiger partial charge in [0.1, 0.15) is 17.3 Å². The Morgan fingerprint density at radius 1 is 0.862 bits per heavy atom. The van der Waals surface area contributed by atoms with Gasteiger partial charge in [-0.15, -0.1) is 0 Å². The Balaban J connectivity index is 1.53. The van der Waals surface area contributed by atoms with Crippen LogP contribution in [0.2, 0.25) is 0 Å². The number of imidazole rings is 1. The van der Waals surface area contributed by atoms with Gasteiger partial charge >= 0.3 is 0 Å². The van der Waals surface area contributed by atoms with Crippen LogP contribution >= 0.6 is 0 Å². The van der Waals surface area contributed by atoms with Crippen LogP contribution in [-0.2, 0) is 6.54 Å². The number of hydrogen-bond acceptors (Lipinski definition) is 3. The number of nitrogens with zero attached hydrogens (tertiary/aromatic N) is 2. The van der Waals surface area contributed by atoms with Crippen LogP contribution in [0.3, 0.4) is 0 Å². The molecule has 146 valence electrons. The van der Waals surface area contributed by atoms with Crippen LogP contribution in [0.1, 0.15) is 17.8 Å². The summed E-state index contributed by atoms with van der Waals surface area (Å²) < 4.78 is 13.5. The number of benzene rings is 3. The minimum atomic E-state index is 0.659. The highest BCUT2D eigenvalue weighted by Gasteiger charge is 2.08. The van der Waals surface area contributed by atoms with Crippen molar-refractivity contribution < 1.29 is 9.47 Å². The fourth-order valence-electron chi connectivity index (χ4n) is 3.35. The molecule has 3 aromatic carbocycles. The fraction of sp³-hybridized carbons (Fsp3) is 0.160. The summed E-state index contributed by atoms with van der Waals surface area (Å²) in [7, 11) is 1.69. The van der Waals surface area contributed by atoms with Gasteiger partial charge in [0.15, 0.2) is 0 Å². The maximum absolute atomic E-state index is 5.85. The topological polar surface area (TPSA) is 36.3 Å². The minimum Gasteiger partial charge on any atom is -0.496 e. The Hall–Kier alpha value is -3.53. The van der Waals surface area contributed by atoms with E-state index in [0.717, 1.165) is 46.9 Å². The summed E-state index contributed by atoms with van der Waals surface area (Å²) in [5.41, 5.74) is 3.16. The second kappa shape index (κ2) is 9.11. The van der Waals surface area contributed by atoms with E-state index in [1.165, 1.54) is 0 Å². The Morgan fingerprint density at radius 3 is 2.48 bits per heavy atom. The lowest BCUT2D eigenvalue weighted by Gasteiger charge is -2.09.